The molecule has 23 heavy (non-hydrogen) atoms. The molecule has 3 heterocycles. The summed E-state index contributed by atoms with van der Waals surface area (Å²) < 4.78 is 1.69. The van der Waals surface area contributed by atoms with Gasteiger partial charge in [0.25, 0.3) is 5.56 Å². The lowest BCUT2D eigenvalue weighted by molar-refractivity contribution is 0.873. The van der Waals surface area contributed by atoms with Gasteiger partial charge in [-0.15, -0.1) is 0 Å². The first kappa shape index (κ1) is 12.1. The molecule has 0 unspecified atom stereocenters. The highest BCUT2D eigenvalue weighted by Crippen LogP contribution is 2.22. The van der Waals surface area contributed by atoms with Crippen LogP contribution in [0.25, 0.3) is 39.1 Å². The number of imidazole rings is 1. The van der Waals surface area contributed by atoms with Crippen LogP contribution in [0, 0.1) is 0 Å². The maximum Gasteiger partial charge on any atom is 0.281 e. The third-order valence-corrected chi connectivity index (χ3v) is 3.88. The largest absolute Gasteiger partial charge is 0.336 e. The Balaban J connectivity index is 1.87. The van der Waals surface area contributed by atoms with Crippen LogP contribution in [0.4, 0.5) is 0 Å². The Kier molecular flexibility index (Phi) is 2.24. The molecule has 0 spiro atoms. The van der Waals surface area contributed by atoms with Crippen LogP contribution in [0.3, 0.4) is 0 Å². The predicted molar refractivity (Wildman–Crippen MR) is 86.2 cm³/mol. The van der Waals surface area contributed by atoms with Crippen molar-refractivity contribution in [3.05, 3.63) is 58.9 Å². The highest BCUT2D eigenvalue weighted by molar-refractivity contribution is 5.85. The summed E-state index contributed by atoms with van der Waals surface area (Å²) in [5.74, 6) is 0.576. The average molecular weight is 302 g/mol. The van der Waals surface area contributed by atoms with Crippen molar-refractivity contribution < 1.29 is 0 Å². The van der Waals surface area contributed by atoms with E-state index < -0.39 is 0 Å². The standard InChI is InChI=1S/C16H10N6O/c23-16-9-5-1-4-8-12(9)22-15(19-16)13(20-21-22)14-17-10-6-2-3-7-11(10)18-14/h1-8,21H,(H,17,18). The maximum atomic E-state index is 12.2. The van der Waals surface area contributed by atoms with Gasteiger partial charge in [0.05, 0.1) is 21.9 Å². The Morgan fingerprint density at radius 1 is 0.957 bits per heavy atom. The number of benzene rings is 2. The smallest absolute Gasteiger partial charge is 0.281 e. The molecule has 110 valence electrons. The molecule has 0 bridgehead atoms. The fourth-order valence-corrected chi connectivity index (χ4v) is 2.80. The Labute approximate surface area is 128 Å². The molecule has 0 saturated heterocycles. The zero-order chi connectivity index (χ0) is 15.4. The van der Waals surface area contributed by atoms with Crippen LogP contribution in [-0.4, -0.2) is 29.8 Å². The molecular weight excluding hydrogens is 292 g/mol. The molecule has 0 atom stereocenters. The second-order valence-electron chi connectivity index (χ2n) is 5.26. The van der Waals surface area contributed by atoms with Crippen LogP contribution in [-0.2, 0) is 0 Å². The number of hydrogen-bond donors (Lipinski definition) is 2. The quantitative estimate of drug-likeness (QED) is 0.496. The number of aromatic nitrogens is 6. The van der Waals surface area contributed by atoms with Crippen molar-refractivity contribution in [2.45, 2.75) is 0 Å². The molecule has 5 aromatic rings. The fraction of sp³-hybridized carbons (Fsp3) is 0. The first-order chi connectivity index (χ1) is 11.3. The molecule has 0 aliphatic heterocycles. The minimum absolute atomic E-state index is 0.278. The molecule has 0 amide bonds. The minimum atomic E-state index is -0.278. The van der Waals surface area contributed by atoms with E-state index >= 15 is 0 Å². The van der Waals surface area contributed by atoms with E-state index in [1.807, 2.05) is 42.5 Å². The molecule has 7 heteroatoms. The van der Waals surface area contributed by atoms with Crippen molar-refractivity contribution in [2.75, 3.05) is 0 Å². The molecule has 0 saturated carbocycles. The van der Waals surface area contributed by atoms with E-state index in [0.717, 1.165) is 16.6 Å². The summed E-state index contributed by atoms with van der Waals surface area (Å²) in [5, 5.41) is 7.75. The number of H-pyrrole nitrogens is 2. The van der Waals surface area contributed by atoms with Gasteiger partial charge in [-0.2, -0.15) is 10.1 Å². The zero-order valence-corrected chi connectivity index (χ0v) is 11.8. The maximum absolute atomic E-state index is 12.2. The summed E-state index contributed by atoms with van der Waals surface area (Å²) >= 11 is 0. The summed E-state index contributed by atoms with van der Waals surface area (Å²) in [6, 6.07) is 15.0. The topological polar surface area (TPSA) is 91.7 Å². The zero-order valence-electron chi connectivity index (χ0n) is 11.8. The van der Waals surface area contributed by atoms with Crippen LogP contribution in [0.1, 0.15) is 0 Å². The fourth-order valence-electron chi connectivity index (χ4n) is 2.80. The van der Waals surface area contributed by atoms with Gasteiger partial charge in [0, 0.05) is 0 Å². The number of rotatable bonds is 1. The third-order valence-electron chi connectivity index (χ3n) is 3.88. The number of nitrogens with zero attached hydrogens (tertiary/aromatic N) is 4. The van der Waals surface area contributed by atoms with Crippen molar-refractivity contribution in [3.63, 3.8) is 0 Å². The van der Waals surface area contributed by atoms with E-state index in [0.29, 0.717) is 22.6 Å². The van der Waals surface area contributed by atoms with Crippen molar-refractivity contribution in [2.24, 2.45) is 0 Å². The van der Waals surface area contributed by atoms with Gasteiger partial charge in [-0.3, -0.25) is 4.79 Å². The normalized spacial score (nSPS) is 11.7. The molecule has 0 radical (unpaired) electrons. The summed E-state index contributed by atoms with van der Waals surface area (Å²) in [6.07, 6.45) is 0. The van der Waals surface area contributed by atoms with Gasteiger partial charge in [0.2, 0.25) is 0 Å². The molecule has 2 N–H and O–H groups in total. The molecule has 7 nitrogen and oxygen atoms in total. The molecule has 0 aliphatic carbocycles. The van der Waals surface area contributed by atoms with Crippen molar-refractivity contribution in [1.29, 1.82) is 0 Å². The Hall–Kier alpha value is -3.48. The first-order valence-electron chi connectivity index (χ1n) is 7.12. The summed E-state index contributed by atoms with van der Waals surface area (Å²) in [4.78, 5) is 24.1. The van der Waals surface area contributed by atoms with Gasteiger partial charge < -0.3 is 4.98 Å². The second-order valence-corrected chi connectivity index (χ2v) is 5.26. The lowest BCUT2D eigenvalue weighted by Gasteiger charge is -1.99. The summed E-state index contributed by atoms with van der Waals surface area (Å²) in [5.41, 5.74) is 3.17. The van der Waals surface area contributed by atoms with E-state index in [4.69, 9.17) is 0 Å². The van der Waals surface area contributed by atoms with Gasteiger partial charge in [0.1, 0.15) is 0 Å². The van der Waals surface area contributed by atoms with Gasteiger partial charge >= 0.3 is 0 Å². The summed E-state index contributed by atoms with van der Waals surface area (Å²) in [6.45, 7) is 0. The molecule has 0 aliphatic rings. The summed E-state index contributed by atoms with van der Waals surface area (Å²) in [7, 11) is 0. The van der Waals surface area contributed by atoms with Crippen LogP contribution < -0.4 is 5.56 Å². The number of para-hydroxylation sites is 3. The molecule has 0 fully saturated rings. The number of nitrogens with one attached hydrogen (secondary N) is 2. The van der Waals surface area contributed by atoms with E-state index in [-0.39, 0.29) is 5.56 Å². The lowest BCUT2D eigenvalue weighted by Crippen LogP contribution is -2.10. The van der Waals surface area contributed by atoms with Gasteiger partial charge in [-0.25, -0.2) is 14.7 Å². The van der Waals surface area contributed by atoms with Crippen molar-refractivity contribution in [1.82, 2.24) is 29.8 Å². The Morgan fingerprint density at radius 2 is 1.78 bits per heavy atom. The van der Waals surface area contributed by atoms with E-state index in [1.165, 1.54) is 0 Å². The monoisotopic (exact) mass is 302 g/mol. The number of hydrogen-bond acceptors (Lipinski definition) is 4. The highest BCUT2D eigenvalue weighted by atomic mass is 16.1. The molecule has 2 aromatic carbocycles. The van der Waals surface area contributed by atoms with Crippen LogP contribution in [0.15, 0.2) is 53.3 Å². The number of fused-ring (bicyclic) bond motifs is 4. The SMILES string of the molecule is O=c1nc2c(-c3nc4ccccc4[nH]3)n[nH]n2c2ccccc12. The Bertz CT molecular complexity index is 1210. The lowest BCUT2D eigenvalue weighted by atomic mass is 10.2. The van der Waals surface area contributed by atoms with E-state index in [9.17, 15) is 4.79 Å². The molecule has 5 rings (SSSR count). The third kappa shape index (κ3) is 1.64. The van der Waals surface area contributed by atoms with Gasteiger partial charge in [0.15, 0.2) is 17.2 Å². The van der Waals surface area contributed by atoms with Gasteiger partial charge in [-0.1, -0.05) is 24.3 Å². The van der Waals surface area contributed by atoms with Gasteiger partial charge in [-0.05, 0) is 24.3 Å². The number of aromatic amines is 2. The van der Waals surface area contributed by atoms with Crippen LogP contribution >= 0.6 is 0 Å². The Morgan fingerprint density at radius 3 is 2.70 bits per heavy atom. The predicted octanol–water partition coefficient (Wildman–Crippen LogP) is 2.11. The van der Waals surface area contributed by atoms with E-state index in [1.54, 1.807) is 10.6 Å². The molecular formula is C16H10N6O. The van der Waals surface area contributed by atoms with Crippen molar-refractivity contribution in [3.8, 4) is 11.5 Å². The second kappa shape index (κ2) is 4.26. The van der Waals surface area contributed by atoms with Crippen LogP contribution in [0.2, 0.25) is 0 Å². The first-order valence-corrected chi connectivity index (χ1v) is 7.12. The van der Waals surface area contributed by atoms with Crippen molar-refractivity contribution >= 4 is 27.6 Å². The molecule has 3 aromatic heterocycles. The minimum Gasteiger partial charge on any atom is -0.336 e. The van der Waals surface area contributed by atoms with E-state index in [2.05, 4.69) is 25.3 Å². The average Bonchev–Trinajstić information content (AvgIpc) is 3.18. The van der Waals surface area contributed by atoms with Crippen LogP contribution in [0.5, 0.6) is 0 Å². The highest BCUT2D eigenvalue weighted by Gasteiger charge is 2.16.